The van der Waals surface area contributed by atoms with Gasteiger partial charge in [0.2, 0.25) is 0 Å². The molecule has 1 aliphatic rings. The molecule has 7 nitrogen and oxygen atoms in total. The maximum atomic E-state index is 12.1. The van der Waals surface area contributed by atoms with E-state index < -0.39 is 17.9 Å². The van der Waals surface area contributed by atoms with Crippen LogP contribution in [0.5, 0.6) is 0 Å². The zero-order valence-corrected chi connectivity index (χ0v) is 10.6. The average Bonchev–Trinajstić information content (AvgIpc) is 2.72. The lowest BCUT2D eigenvalue weighted by atomic mass is 10.1. The van der Waals surface area contributed by atoms with Crippen LogP contribution in [-0.4, -0.2) is 70.8 Å². The van der Waals surface area contributed by atoms with Crippen LogP contribution in [0, 0.1) is 5.92 Å². The van der Waals surface area contributed by atoms with Crippen LogP contribution in [-0.2, 0) is 4.79 Å². The maximum Gasteiger partial charge on any atom is 0.320 e. The normalized spacial score (nSPS) is 23.2. The number of aliphatic hydroxyl groups excluding tert-OH is 1. The molecule has 0 spiro atoms. The van der Waals surface area contributed by atoms with Gasteiger partial charge in [0, 0.05) is 38.8 Å². The van der Waals surface area contributed by atoms with Crippen molar-refractivity contribution in [2.45, 2.75) is 19.4 Å². The highest BCUT2D eigenvalue weighted by Gasteiger charge is 2.38. The highest BCUT2D eigenvalue weighted by molar-refractivity contribution is 5.78. The van der Waals surface area contributed by atoms with Crippen LogP contribution in [0.1, 0.15) is 13.3 Å². The Balaban J connectivity index is 2.59. The summed E-state index contributed by atoms with van der Waals surface area (Å²) >= 11 is 0. The quantitative estimate of drug-likeness (QED) is 0.596. The molecule has 0 aromatic carbocycles. The number of carboxylic acids is 1. The Morgan fingerprint density at radius 1 is 1.44 bits per heavy atom. The van der Waals surface area contributed by atoms with E-state index in [1.54, 1.807) is 4.90 Å². The van der Waals surface area contributed by atoms with Crippen LogP contribution >= 0.6 is 0 Å². The number of carbonyl (C=O) groups excluding carboxylic acids is 1. The number of carboxylic acid groups (broad SMARTS) is 1. The molecule has 1 fully saturated rings. The van der Waals surface area contributed by atoms with Gasteiger partial charge in [-0.1, -0.05) is 0 Å². The number of hydrogen-bond donors (Lipinski definition) is 3. The van der Waals surface area contributed by atoms with Crippen molar-refractivity contribution < 1.29 is 19.8 Å². The number of nitrogens with zero attached hydrogens (tertiary/aromatic N) is 2. The number of rotatable bonds is 5. The Labute approximate surface area is 106 Å². The lowest BCUT2D eigenvalue weighted by Crippen LogP contribution is -2.43. The van der Waals surface area contributed by atoms with E-state index in [4.69, 9.17) is 15.9 Å². The molecule has 2 amide bonds. The first-order valence-electron chi connectivity index (χ1n) is 6.14. The Hall–Kier alpha value is -1.34. The highest BCUT2D eigenvalue weighted by atomic mass is 16.4. The zero-order chi connectivity index (χ0) is 13.7. The Morgan fingerprint density at radius 2 is 2.11 bits per heavy atom. The molecule has 1 saturated heterocycles. The fourth-order valence-corrected chi connectivity index (χ4v) is 2.10. The second kappa shape index (κ2) is 6.55. The van der Waals surface area contributed by atoms with E-state index in [1.807, 2.05) is 6.92 Å². The number of hydrogen-bond acceptors (Lipinski definition) is 4. The van der Waals surface area contributed by atoms with Gasteiger partial charge >= 0.3 is 12.0 Å². The van der Waals surface area contributed by atoms with E-state index in [0.717, 1.165) is 0 Å². The van der Waals surface area contributed by atoms with Crippen molar-refractivity contribution in [1.82, 2.24) is 9.80 Å². The van der Waals surface area contributed by atoms with Crippen LogP contribution in [0.15, 0.2) is 0 Å². The minimum Gasteiger partial charge on any atom is -0.481 e. The second-order valence-corrected chi connectivity index (χ2v) is 4.45. The lowest BCUT2D eigenvalue weighted by Gasteiger charge is -2.26. The summed E-state index contributed by atoms with van der Waals surface area (Å²) in [5.74, 6) is -1.65. The van der Waals surface area contributed by atoms with E-state index in [-0.39, 0.29) is 25.7 Å². The van der Waals surface area contributed by atoms with Crippen LogP contribution < -0.4 is 5.73 Å². The predicted octanol–water partition coefficient (Wildman–Crippen LogP) is -0.846. The molecule has 0 aliphatic carbocycles. The number of carbonyl (C=O) groups is 2. The fraction of sp³-hybridized carbons (Fsp3) is 0.818. The molecule has 4 N–H and O–H groups in total. The molecule has 0 aromatic heterocycles. The van der Waals surface area contributed by atoms with E-state index in [9.17, 15) is 9.59 Å². The smallest absolute Gasteiger partial charge is 0.320 e. The summed E-state index contributed by atoms with van der Waals surface area (Å²) < 4.78 is 0. The van der Waals surface area contributed by atoms with E-state index >= 15 is 0 Å². The van der Waals surface area contributed by atoms with Gasteiger partial charge in [0.1, 0.15) is 0 Å². The van der Waals surface area contributed by atoms with Crippen LogP contribution in [0.3, 0.4) is 0 Å². The van der Waals surface area contributed by atoms with Crippen molar-refractivity contribution in [3.8, 4) is 0 Å². The van der Waals surface area contributed by atoms with Crippen LogP contribution in [0.25, 0.3) is 0 Å². The monoisotopic (exact) mass is 259 g/mol. The summed E-state index contributed by atoms with van der Waals surface area (Å²) in [4.78, 5) is 26.1. The first-order chi connectivity index (χ1) is 8.51. The van der Waals surface area contributed by atoms with Crippen molar-refractivity contribution >= 4 is 12.0 Å². The first-order valence-corrected chi connectivity index (χ1v) is 6.14. The molecule has 1 aliphatic heterocycles. The Kier molecular flexibility index (Phi) is 5.36. The third-order valence-electron chi connectivity index (χ3n) is 3.19. The van der Waals surface area contributed by atoms with Crippen LogP contribution in [0.2, 0.25) is 0 Å². The van der Waals surface area contributed by atoms with Gasteiger partial charge in [0.25, 0.3) is 0 Å². The molecule has 7 heteroatoms. The van der Waals surface area contributed by atoms with E-state index in [0.29, 0.717) is 19.5 Å². The van der Waals surface area contributed by atoms with Crippen molar-refractivity contribution in [2.24, 2.45) is 11.7 Å². The largest absolute Gasteiger partial charge is 0.481 e. The van der Waals surface area contributed by atoms with Gasteiger partial charge in [0.05, 0.1) is 5.92 Å². The number of aliphatic carboxylic acids is 1. The van der Waals surface area contributed by atoms with E-state index in [2.05, 4.69) is 0 Å². The molecule has 18 heavy (non-hydrogen) atoms. The first kappa shape index (κ1) is 14.7. The molecule has 1 heterocycles. The molecule has 0 saturated carbocycles. The molecule has 0 radical (unpaired) electrons. The van der Waals surface area contributed by atoms with Crippen LogP contribution in [0.4, 0.5) is 4.79 Å². The SMILES string of the molecule is CCN(CCCO)C(=O)N1CC(N)C(C(=O)O)C1. The van der Waals surface area contributed by atoms with E-state index in [1.165, 1.54) is 4.90 Å². The summed E-state index contributed by atoms with van der Waals surface area (Å²) in [6, 6.07) is -0.715. The van der Waals surface area contributed by atoms with Crippen molar-refractivity contribution in [1.29, 1.82) is 0 Å². The lowest BCUT2D eigenvalue weighted by molar-refractivity contribution is -0.141. The summed E-state index contributed by atoms with van der Waals surface area (Å²) in [5.41, 5.74) is 5.72. The molecule has 0 bridgehead atoms. The number of likely N-dealkylation sites (tertiary alicyclic amines) is 1. The second-order valence-electron chi connectivity index (χ2n) is 4.45. The number of nitrogens with two attached hydrogens (primary N) is 1. The third kappa shape index (κ3) is 3.33. The molecule has 0 aromatic rings. The standard InChI is InChI=1S/C11H21N3O4/c1-2-13(4-3-5-15)11(18)14-6-8(10(16)17)9(12)7-14/h8-9,15H,2-7,12H2,1H3,(H,16,17). The minimum absolute atomic E-state index is 0.0288. The molecular formula is C11H21N3O4. The molecule has 1 rings (SSSR count). The fourth-order valence-electron chi connectivity index (χ4n) is 2.10. The number of amides is 2. The van der Waals surface area contributed by atoms with Gasteiger partial charge < -0.3 is 25.7 Å². The highest BCUT2D eigenvalue weighted by Crippen LogP contribution is 2.17. The molecule has 104 valence electrons. The average molecular weight is 259 g/mol. The predicted molar refractivity (Wildman–Crippen MR) is 65.0 cm³/mol. The van der Waals surface area contributed by atoms with Gasteiger partial charge in [-0.2, -0.15) is 0 Å². The van der Waals surface area contributed by atoms with Crippen molar-refractivity contribution in [3.63, 3.8) is 0 Å². The number of urea groups is 1. The molecule has 2 unspecified atom stereocenters. The van der Waals surface area contributed by atoms with Crippen molar-refractivity contribution in [2.75, 3.05) is 32.8 Å². The van der Waals surface area contributed by atoms with Gasteiger partial charge in [-0.15, -0.1) is 0 Å². The Morgan fingerprint density at radius 3 is 2.56 bits per heavy atom. The van der Waals surface area contributed by atoms with Gasteiger partial charge in [-0.05, 0) is 13.3 Å². The number of aliphatic hydroxyl groups is 1. The van der Waals surface area contributed by atoms with Gasteiger partial charge in [-0.3, -0.25) is 4.79 Å². The molecule has 2 atom stereocenters. The van der Waals surface area contributed by atoms with Crippen molar-refractivity contribution in [3.05, 3.63) is 0 Å². The Bertz CT molecular complexity index is 311. The zero-order valence-electron chi connectivity index (χ0n) is 10.6. The summed E-state index contributed by atoms with van der Waals surface area (Å²) in [7, 11) is 0. The summed E-state index contributed by atoms with van der Waals surface area (Å²) in [5, 5.41) is 17.7. The maximum absolute atomic E-state index is 12.1. The summed E-state index contributed by atoms with van der Waals surface area (Å²) in [6.45, 7) is 3.30. The van der Waals surface area contributed by atoms with Gasteiger partial charge in [0.15, 0.2) is 0 Å². The van der Waals surface area contributed by atoms with Gasteiger partial charge in [-0.25, -0.2) is 4.79 Å². The third-order valence-corrected chi connectivity index (χ3v) is 3.19. The topological polar surface area (TPSA) is 107 Å². The molecular weight excluding hydrogens is 238 g/mol. The summed E-state index contributed by atoms with van der Waals surface area (Å²) in [6.07, 6.45) is 0.516. The minimum atomic E-state index is -0.962.